The number of unbranched alkanes of at least 4 members (excludes halogenated alkanes) is 3. The van der Waals surface area contributed by atoms with E-state index in [0.29, 0.717) is 5.92 Å². The Bertz CT molecular complexity index is 266. The van der Waals surface area contributed by atoms with Gasteiger partial charge in [0.25, 0.3) is 0 Å². The summed E-state index contributed by atoms with van der Waals surface area (Å²) in [5, 5.41) is 10.1. The molecule has 0 aliphatic heterocycles. The van der Waals surface area contributed by atoms with Crippen LogP contribution in [0, 0.1) is 5.92 Å². The van der Waals surface area contributed by atoms with E-state index in [1.54, 1.807) is 13.3 Å². The van der Waals surface area contributed by atoms with E-state index in [9.17, 15) is 5.11 Å². The van der Waals surface area contributed by atoms with Gasteiger partial charge >= 0.3 is 138 Å². The van der Waals surface area contributed by atoms with Gasteiger partial charge in [0.15, 0.2) is 0 Å². The SMILES string of the molecule is CCC[CH2][Sn](/[CH]=C/[C@H]1CCC[C@@H]1O)([CH2]CCC)[CH2]CCC. The molecule has 0 aromatic rings. The molecule has 124 valence electrons. The van der Waals surface area contributed by atoms with Crippen LogP contribution >= 0.6 is 0 Å². The predicted octanol–water partition coefficient (Wildman–Crippen LogP) is 6.09. The summed E-state index contributed by atoms with van der Waals surface area (Å²) in [5.74, 6) is 0.478. The van der Waals surface area contributed by atoms with Gasteiger partial charge in [0.2, 0.25) is 0 Å². The molecular formula is C19H38OSn. The van der Waals surface area contributed by atoms with Gasteiger partial charge in [-0.15, -0.1) is 0 Å². The van der Waals surface area contributed by atoms with Gasteiger partial charge in [-0.25, -0.2) is 0 Å². The van der Waals surface area contributed by atoms with Crippen molar-refractivity contribution < 1.29 is 5.11 Å². The fourth-order valence-electron chi connectivity index (χ4n) is 3.73. The van der Waals surface area contributed by atoms with E-state index in [2.05, 4.69) is 30.9 Å². The molecule has 0 amide bonds. The monoisotopic (exact) mass is 402 g/mol. The van der Waals surface area contributed by atoms with Crippen LogP contribution in [-0.2, 0) is 0 Å². The Hall–Kier alpha value is 0.499. The zero-order valence-electron chi connectivity index (χ0n) is 14.7. The Morgan fingerprint density at radius 1 is 0.905 bits per heavy atom. The van der Waals surface area contributed by atoms with Crippen LogP contribution in [0.1, 0.15) is 78.6 Å². The molecule has 1 saturated carbocycles. The minimum absolute atomic E-state index is 0.0474. The molecule has 0 saturated heterocycles. The van der Waals surface area contributed by atoms with E-state index < -0.39 is 18.4 Å². The van der Waals surface area contributed by atoms with Crippen molar-refractivity contribution in [3.05, 3.63) is 10.2 Å². The molecular weight excluding hydrogens is 363 g/mol. The van der Waals surface area contributed by atoms with Gasteiger partial charge in [0.05, 0.1) is 0 Å². The molecule has 1 fully saturated rings. The molecule has 0 spiro atoms. The summed E-state index contributed by atoms with van der Waals surface area (Å²) in [6.45, 7) is 7.00. The number of hydrogen-bond acceptors (Lipinski definition) is 1. The first-order valence-corrected chi connectivity index (χ1v) is 17.2. The summed E-state index contributed by atoms with van der Waals surface area (Å²) >= 11 is -2.09. The topological polar surface area (TPSA) is 20.2 Å². The first kappa shape index (κ1) is 19.5. The first-order chi connectivity index (χ1) is 10.2. The van der Waals surface area contributed by atoms with Crippen LogP contribution in [0.4, 0.5) is 0 Å². The van der Waals surface area contributed by atoms with E-state index in [1.807, 2.05) is 0 Å². The number of rotatable bonds is 11. The quantitative estimate of drug-likeness (QED) is 0.416. The Labute approximate surface area is 137 Å². The molecule has 1 N–H and O–H groups in total. The molecule has 0 radical (unpaired) electrons. The van der Waals surface area contributed by atoms with Crippen LogP contribution in [0.5, 0.6) is 0 Å². The van der Waals surface area contributed by atoms with Crippen molar-refractivity contribution in [2.45, 2.75) is 98.0 Å². The Morgan fingerprint density at radius 3 is 1.81 bits per heavy atom. The van der Waals surface area contributed by atoms with E-state index >= 15 is 0 Å². The molecule has 1 nitrogen and oxygen atoms in total. The maximum absolute atomic E-state index is 10.1. The fraction of sp³-hybridized carbons (Fsp3) is 0.895. The summed E-state index contributed by atoms with van der Waals surface area (Å²) in [4.78, 5) is 0. The minimum atomic E-state index is -2.09. The standard InChI is InChI=1S/C7H11O.3C4H9.Sn/c1-2-6-4-3-5-7(6)8;3*1-3-4-2;/h1-2,6-8H,3-5H2;3*1,3-4H2,2H3;/t6-,7-;;;;/m0..../s1. The third-order valence-corrected chi connectivity index (χ3v) is 19.4. The zero-order chi connectivity index (χ0) is 15.6. The molecule has 2 heteroatoms. The molecule has 0 aromatic heterocycles. The van der Waals surface area contributed by atoms with Gasteiger partial charge in [0, 0.05) is 0 Å². The molecule has 2 atom stereocenters. The van der Waals surface area contributed by atoms with Crippen LogP contribution in [0.25, 0.3) is 0 Å². The van der Waals surface area contributed by atoms with Crippen molar-refractivity contribution in [2.24, 2.45) is 5.92 Å². The van der Waals surface area contributed by atoms with Crippen molar-refractivity contribution in [1.82, 2.24) is 0 Å². The molecule has 1 aliphatic rings. The Kier molecular flexibility index (Phi) is 10.3. The van der Waals surface area contributed by atoms with E-state index in [-0.39, 0.29) is 6.10 Å². The zero-order valence-corrected chi connectivity index (χ0v) is 17.6. The van der Waals surface area contributed by atoms with Crippen molar-refractivity contribution in [1.29, 1.82) is 0 Å². The molecule has 0 unspecified atom stereocenters. The molecule has 0 aromatic carbocycles. The van der Waals surface area contributed by atoms with Gasteiger partial charge in [0.1, 0.15) is 0 Å². The normalized spacial score (nSPS) is 23.2. The second-order valence-corrected chi connectivity index (χ2v) is 20.2. The van der Waals surface area contributed by atoms with Crippen molar-refractivity contribution in [2.75, 3.05) is 0 Å². The summed E-state index contributed by atoms with van der Waals surface area (Å²) in [5.41, 5.74) is 0. The molecule has 0 bridgehead atoms. The molecule has 1 rings (SSSR count). The van der Waals surface area contributed by atoms with Crippen LogP contribution in [0.15, 0.2) is 10.2 Å². The number of aliphatic hydroxyl groups is 1. The van der Waals surface area contributed by atoms with Gasteiger partial charge < -0.3 is 0 Å². The number of aliphatic hydroxyl groups excluding tert-OH is 1. The third kappa shape index (κ3) is 7.07. The molecule has 21 heavy (non-hydrogen) atoms. The average molecular weight is 401 g/mol. The van der Waals surface area contributed by atoms with Gasteiger partial charge in [-0.1, -0.05) is 0 Å². The van der Waals surface area contributed by atoms with Crippen molar-refractivity contribution in [3.63, 3.8) is 0 Å². The summed E-state index contributed by atoms with van der Waals surface area (Å²) < 4.78 is 7.38. The molecule has 0 heterocycles. The summed E-state index contributed by atoms with van der Waals surface area (Å²) in [6.07, 6.45) is 14.2. The van der Waals surface area contributed by atoms with Crippen LogP contribution in [0.2, 0.25) is 13.3 Å². The van der Waals surface area contributed by atoms with E-state index in [1.165, 1.54) is 51.4 Å². The maximum atomic E-state index is 10.1. The van der Waals surface area contributed by atoms with Gasteiger partial charge in [-0.2, -0.15) is 0 Å². The van der Waals surface area contributed by atoms with Gasteiger partial charge in [-0.05, 0) is 0 Å². The summed E-state index contributed by atoms with van der Waals surface area (Å²) in [7, 11) is 0. The average Bonchev–Trinajstić information content (AvgIpc) is 2.91. The van der Waals surface area contributed by atoms with Crippen LogP contribution in [-0.4, -0.2) is 29.6 Å². The van der Waals surface area contributed by atoms with Crippen molar-refractivity contribution in [3.8, 4) is 0 Å². The fourth-order valence-corrected chi connectivity index (χ4v) is 18.2. The predicted molar refractivity (Wildman–Crippen MR) is 97.4 cm³/mol. The van der Waals surface area contributed by atoms with Crippen LogP contribution < -0.4 is 0 Å². The second kappa shape index (κ2) is 11.1. The first-order valence-electron chi connectivity index (χ1n) is 9.55. The van der Waals surface area contributed by atoms with E-state index in [4.69, 9.17) is 0 Å². The molecule has 1 aliphatic carbocycles. The van der Waals surface area contributed by atoms with Gasteiger partial charge in [-0.3, -0.25) is 0 Å². The Balaban J connectivity index is 2.76. The number of hydrogen-bond donors (Lipinski definition) is 1. The second-order valence-electron chi connectivity index (χ2n) is 7.19. The van der Waals surface area contributed by atoms with Crippen LogP contribution in [0.3, 0.4) is 0 Å². The Morgan fingerprint density at radius 2 is 1.43 bits per heavy atom. The third-order valence-electron chi connectivity index (χ3n) is 5.31. The van der Waals surface area contributed by atoms with E-state index in [0.717, 1.165) is 6.42 Å². The summed E-state index contributed by atoms with van der Waals surface area (Å²) in [6, 6.07) is 0. The van der Waals surface area contributed by atoms with Crippen molar-refractivity contribution >= 4 is 18.4 Å².